The lowest BCUT2D eigenvalue weighted by molar-refractivity contribution is 0.824. The second kappa shape index (κ2) is 9.85. The van der Waals surface area contributed by atoms with Crippen molar-refractivity contribution >= 4 is 0 Å². The van der Waals surface area contributed by atoms with Gasteiger partial charge in [0, 0.05) is 6.42 Å². The van der Waals surface area contributed by atoms with E-state index in [1.807, 2.05) is 13.0 Å². The maximum absolute atomic E-state index is 7.62. The van der Waals surface area contributed by atoms with E-state index in [-0.39, 0.29) is 5.48 Å². The topological polar surface area (TPSA) is 55.3 Å². The van der Waals surface area contributed by atoms with E-state index in [9.17, 15) is 0 Å². The fraction of sp³-hybridized carbons (Fsp3) is 0.667. The lowest BCUT2D eigenvalue weighted by atomic mass is 10.6. The highest BCUT2D eigenvalue weighted by molar-refractivity contribution is 4.61. The standard InChI is InChI=1S/C3H5N.H2O/c1-2-3-4;/h2H2,1H3;1H2. The van der Waals surface area contributed by atoms with Crippen LogP contribution in [0.4, 0.5) is 0 Å². The third kappa shape index (κ3) is 35.8. The molecule has 0 aromatic carbocycles. The van der Waals surface area contributed by atoms with E-state index in [0.717, 1.165) is 0 Å². The molecule has 30 valence electrons. The van der Waals surface area contributed by atoms with Gasteiger partial charge in [0.1, 0.15) is 0 Å². The summed E-state index contributed by atoms with van der Waals surface area (Å²) in [7, 11) is 0. The molecule has 2 N–H and O–H groups in total. The minimum absolute atomic E-state index is 0. The van der Waals surface area contributed by atoms with Crippen LogP contribution >= 0.6 is 0 Å². The van der Waals surface area contributed by atoms with Crippen molar-refractivity contribution in [3.05, 3.63) is 0 Å². The van der Waals surface area contributed by atoms with Crippen molar-refractivity contribution in [1.29, 1.82) is 5.26 Å². The molecule has 0 aliphatic heterocycles. The monoisotopic (exact) mass is 73.1 g/mol. The van der Waals surface area contributed by atoms with Crippen LogP contribution in [0.2, 0.25) is 0 Å². The molecule has 0 aromatic rings. The van der Waals surface area contributed by atoms with Gasteiger partial charge >= 0.3 is 0 Å². The van der Waals surface area contributed by atoms with Crippen molar-refractivity contribution in [2.45, 2.75) is 13.3 Å². The van der Waals surface area contributed by atoms with Crippen LogP contribution in [-0.4, -0.2) is 5.48 Å². The van der Waals surface area contributed by atoms with Crippen molar-refractivity contribution in [3.8, 4) is 6.07 Å². The van der Waals surface area contributed by atoms with Gasteiger partial charge in [-0.05, 0) is 0 Å². The number of hydrogen-bond acceptors (Lipinski definition) is 1. The summed E-state index contributed by atoms with van der Waals surface area (Å²) < 4.78 is 0. The molecule has 0 radical (unpaired) electrons. The predicted molar refractivity (Wildman–Crippen MR) is 19.5 cm³/mol. The van der Waals surface area contributed by atoms with Crippen molar-refractivity contribution in [2.75, 3.05) is 0 Å². The zero-order valence-electron chi connectivity index (χ0n) is 3.15. The van der Waals surface area contributed by atoms with E-state index in [4.69, 9.17) is 5.26 Å². The van der Waals surface area contributed by atoms with Crippen molar-refractivity contribution in [3.63, 3.8) is 0 Å². The Balaban J connectivity index is 0. The summed E-state index contributed by atoms with van der Waals surface area (Å²) in [5.41, 5.74) is 0. The normalized spacial score (nSPS) is 4.00. The fourth-order valence-corrected chi connectivity index (χ4v) is 0. The van der Waals surface area contributed by atoms with Gasteiger partial charge in [-0.1, -0.05) is 6.92 Å². The van der Waals surface area contributed by atoms with Gasteiger partial charge in [-0.2, -0.15) is 5.26 Å². The summed E-state index contributed by atoms with van der Waals surface area (Å²) in [5.74, 6) is 0. The Morgan fingerprint density at radius 1 is 1.80 bits per heavy atom. The molecule has 0 amide bonds. The Labute approximate surface area is 31.3 Å². The minimum Gasteiger partial charge on any atom is -0.412 e. The summed E-state index contributed by atoms with van der Waals surface area (Å²) in [6.45, 7) is 1.82. The second-order valence-electron chi connectivity index (χ2n) is 0.512. The third-order valence-electron chi connectivity index (χ3n) is 0.158. The molecular formula is C3H7NO. The van der Waals surface area contributed by atoms with Crippen LogP contribution in [-0.2, 0) is 0 Å². The van der Waals surface area contributed by atoms with Crippen LogP contribution in [0.25, 0.3) is 0 Å². The molecule has 0 saturated carbocycles. The predicted octanol–water partition coefficient (Wildman–Crippen LogP) is 0.0953. The molecule has 0 spiro atoms. The molecule has 2 heteroatoms. The number of nitrogens with zero attached hydrogens (tertiary/aromatic N) is 1. The van der Waals surface area contributed by atoms with Gasteiger partial charge < -0.3 is 5.48 Å². The molecule has 0 aromatic heterocycles. The van der Waals surface area contributed by atoms with Gasteiger partial charge in [-0.25, -0.2) is 0 Å². The molecule has 0 fully saturated rings. The highest BCUT2D eigenvalue weighted by atomic mass is 16.0. The van der Waals surface area contributed by atoms with E-state index < -0.39 is 0 Å². The zero-order valence-corrected chi connectivity index (χ0v) is 3.15. The molecule has 0 saturated heterocycles. The minimum atomic E-state index is 0. The van der Waals surface area contributed by atoms with E-state index in [1.54, 1.807) is 0 Å². The summed E-state index contributed by atoms with van der Waals surface area (Å²) >= 11 is 0. The van der Waals surface area contributed by atoms with Gasteiger partial charge in [0.25, 0.3) is 0 Å². The second-order valence-corrected chi connectivity index (χ2v) is 0.512. The van der Waals surface area contributed by atoms with Crippen LogP contribution in [0, 0.1) is 11.3 Å². The average Bonchev–Trinajstić information content (AvgIpc) is 1.37. The van der Waals surface area contributed by atoms with Crippen LogP contribution in [0.15, 0.2) is 0 Å². The zero-order chi connectivity index (χ0) is 3.41. The van der Waals surface area contributed by atoms with Crippen molar-refractivity contribution in [2.24, 2.45) is 0 Å². The molecule has 0 rings (SSSR count). The first-order valence-corrected chi connectivity index (χ1v) is 1.28. The van der Waals surface area contributed by atoms with Gasteiger partial charge in [0.15, 0.2) is 0 Å². The molecule has 0 aliphatic rings. The number of nitriles is 1. The van der Waals surface area contributed by atoms with Gasteiger partial charge in [-0.15, -0.1) is 0 Å². The Bertz CT molecular complexity index is 36.6. The Kier molecular flexibility index (Phi) is 17.4. The van der Waals surface area contributed by atoms with Gasteiger partial charge in [0.05, 0.1) is 6.07 Å². The van der Waals surface area contributed by atoms with E-state index in [2.05, 4.69) is 0 Å². The van der Waals surface area contributed by atoms with Gasteiger partial charge in [-0.3, -0.25) is 0 Å². The molecule has 0 aliphatic carbocycles. The summed E-state index contributed by atoms with van der Waals surface area (Å²) in [6, 6.07) is 1.93. The summed E-state index contributed by atoms with van der Waals surface area (Å²) in [6.07, 6.45) is 0.625. The molecular weight excluding hydrogens is 66.0 g/mol. The van der Waals surface area contributed by atoms with E-state index >= 15 is 0 Å². The van der Waals surface area contributed by atoms with Crippen molar-refractivity contribution < 1.29 is 5.48 Å². The van der Waals surface area contributed by atoms with Crippen LogP contribution in [0.3, 0.4) is 0 Å². The Hall–Kier alpha value is -0.550. The van der Waals surface area contributed by atoms with E-state index in [0.29, 0.717) is 6.42 Å². The molecule has 0 bridgehead atoms. The smallest absolute Gasteiger partial charge is 0.0618 e. The first-order valence-electron chi connectivity index (χ1n) is 1.28. The maximum atomic E-state index is 7.62. The SMILES string of the molecule is CCC#N.O. The van der Waals surface area contributed by atoms with Crippen LogP contribution < -0.4 is 0 Å². The van der Waals surface area contributed by atoms with Crippen LogP contribution in [0.1, 0.15) is 13.3 Å². The van der Waals surface area contributed by atoms with E-state index in [1.165, 1.54) is 0 Å². The summed E-state index contributed by atoms with van der Waals surface area (Å²) in [4.78, 5) is 0. The first-order chi connectivity index (χ1) is 1.91. The third-order valence-corrected chi connectivity index (χ3v) is 0.158. The van der Waals surface area contributed by atoms with Crippen molar-refractivity contribution in [1.82, 2.24) is 0 Å². The van der Waals surface area contributed by atoms with Gasteiger partial charge in [0.2, 0.25) is 0 Å². The Morgan fingerprint density at radius 3 is 2.00 bits per heavy atom. The highest BCUT2D eigenvalue weighted by Gasteiger charge is 1.49. The lowest BCUT2D eigenvalue weighted by Gasteiger charge is -1.47. The molecule has 0 atom stereocenters. The quantitative estimate of drug-likeness (QED) is 0.401. The molecule has 0 unspecified atom stereocenters. The highest BCUT2D eigenvalue weighted by Crippen LogP contribution is 1.58. The lowest BCUT2D eigenvalue weighted by Crippen LogP contribution is -1.38. The molecule has 2 nitrogen and oxygen atoms in total. The average molecular weight is 73.1 g/mol. The van der Waals surface area contributed by atoms with Crippen LogP contribution in [0.5, 0.6) is 0 Å². The number of hydrogen-bond donors (Lipinski definition) is 0. The molecule has 5 heavy (non-hydrogen) atoms. The number of rotatable bonds is 0. The molecule has 0 heterocycles. The first kappa shape index (κ1) is 8.82. The summed E-state index contributed by atoms with van der Waals surface area (Å²) in [5, 5.41) is 7.62. The largest absolute Gasteiger partial charge is 0.412 e. The Morgan fingerprint density at radius 2 is 2.00 bits per heavy atom. The fourth-order valence-electron chi connectivity index (χ4n) is 0. The maximum Gasteiger partial charge on any atom is 0.0618 e.